The summed E-state index contributed by atoms with van der Waals surface area (Å²) >= 11 is 0. The number of hydrogen-bond donors (Lipinski definition) is 1. The second kappa shape index (κ2) is 7.58. The van der Waals surface area contributed by atoms with Gasteiger partial charge in [-0.15, -0.1) is 0 Å². The van der Waals surface area contributed by atoms with Crippen LogP contribution in [0.4, 0.5) is 0 Å². The summed E-state index contributed by atoms with van der Waals surface area (Å²) in [6.45, 7) is 0. The van der Waals surface area contributed by atoms with Gasteiger partial charge in [-0.2, -0.15) is 15.8 Å². The average molecular weight is 436 g/mol. The molecular weight excluding hydrogens is 412 g/mol. The molecule has 2 bridgehead atoms. The second-order valence-corrected chi connectivity index (χ2v) is 8.27. The molecule has 2 saturated heterocycles. The van der Waals surface area contributed by atoms with E-state index < -0.39 is 28.6 Å². The van der Waals surface area contributed by atoms with Crippen molar-refractivity contribution in [2.75, 3.05) is 21.3 Å². The van der Waals surface area contributed by atoms with E-state index in [0.717, 1.165) is 19.3 Å². The first-order valence-corrected chi connectivity index (χ1v) is 10.4. The number of nitriles is 3. The van der Waals surface area contributed by atoms with Gasteiger partial charge in [0.25, 0.3) is 0 Å². The minimum Gasteiger partial charge on any atom is -0.493 e. The van der Waals surface area contributed by atoms with Crippen LogP contribution in [0.1, 0.15) is 43.8 Å². The van der Waals surface area contributed by atoms with E-state index in [0.29, 0.717) is 24.2 Å². The summed E-state index contributed by atoms with van der Waals surface area (Å²) < 4.78 is 28.9. The highest BCUT2D eigenvalue weighted by molar-refractivity contribution is 5.89. The molecule has 0 spiro atoms. The molecule has 1 aliphatic carbocycles. The third kappa shape index (κ3) is 2.42. The Bertz CT molecular complexity index is 1070. The highest BCUT2D eigenvalue weighted by Crippen LogP contribution is 2.69. The first-order chi connectivity index (χ1) is 15.4. The lowest BCUT2D eigenvalue weighted by molar-refractivity contribution is -0.285. The third-order valence-electron chi connectivity index (χ3n) is 7.08. The van der Waals surface area contributed by atoms with Crippen LogP contribution >= 0.6 is 0 Å². The van der Waals surface area contributed by atoms with Crippen LogP contribution in [0.2, 0.25) is 0 Å². The Morgan fingerprint density at radius 2 is 1.69 bits per heavy atom. The molecule has 3 fully saturated rings. The number of benzene rings is 1. The van der Waals surface area contributed by atoms with Gasteiger partial charge in [-0.25, -0.2) is 0 Å². The van der Waals surface area contributed by atoms with E-state index in [2.05, 4.69) is 18.2 Å². The number of methoxy groups -OCH3 is 3. The SMILES string of the molecule is COc1ccc(C2OC34CCCCCC3C(C#N)(C(=N)O4)C2(C#N)C#N)c(OC)c1OC. The fraction of sp³-hybridized carbons (Fsp3) is 0.565. The molecule has 9 nitrogen and oxygen atoms in total. The molecule has 166 valence electrons. The molecule has 4 unspecified atom stereocenters. The quantitative estimate of drug-likeness (QED) is 0.754. The molecule has 1 aromatic rings. The molecule has 2 heterocycles. The maximum Gasteiger partial charge on any atom is 0.217 e. The zero-order chi connectivity index (χ0) is 23.1. The fourth-order valence-electron chi connectivity index (χ4n) is 5.65. The summed E-state index contributed by atoms with van der Waals surface area (Å²) in [4.78, 5) is 0. The minimum absolute atomic E-state index is 0.231. The van der Waals surface area contributed by atoms with Gasteiger partial charge in [0.15, 0.2) is 16.9 Å². The molecule has 0 radical (unpaired) electrons. The Balaban J connectivity index is 2.03. The van der Waals surface area contributed by atoms with E-state index in [1.54, 1.807) is 12.1 Å². The largest absolute Gasteiger partial charge is 0.493 e. The zero-order valence-electron chi connectivity index (χ0n) is 18.2. The Morgan fingerprint density at radius 3 is 2.28 bits per heavy atom. The summed E-state index contributed by atoms with van der Waals surface area (Å²) in [5, 5.41) is 39.9. The van der Waals surface area contributed by atoms with E-state index in [-0.39, 0.29) is 17.4 Å². The highest BCUT2D eigenvalue weighted by atomic mass is 16.7. The van der Waals surface area contributed by atoms with Crippen molar-refractivity contribution >= 4 is 5.90 Å². The van der Waals surface area contributed by atoms with Crippen molar-refractivity contribution in [3.05, 3.63) is 17.7 Å². The number of ether oxygens (including phenoxy) is 5. The summed E-state index contributed by atoms with van der Waals surface area (Å²) in [7, 11) is 4.37. The lowest BCUT2D eigenvalue weighted by atomic mass is 9.52. The van der Waals surface area contributed by atoms with Crippen molar-refractivity contribution in [3.8, 4) is 35.5 Å². The maximum absolute atomic E-state index is 10.4. The fourth-order valence-corrected chi connectivity index (χ4v) is 5.65. The van der Waals surface area contributed by atoms with Crippen molar-refractivity contribution in [1.29, 1.82) is 21.2 Å². The predicted octanol–water partition coefficient (Wildman–Crippen LogP) is 3.61. The molecule has 1 aromatic carbocycles. The molecular formula is C23H24N4O5. The maximum atomic E-state index is 10.4. The van der Waals surface area contributed by atoms with Crippen LogP contribution in [-0.4, -0.2) is 33.0 Å². The Hall–Kier alpha value is -3.48. The average Bonchev–Trinajstić information content (AvgIpc) is 2.94. The van der Waals surface area contributed by atoms with Gasteiger partial charge in [-0.1, -0.05) is 12.8 Å². The van der Waals surface area contributed by atoms with Crippen LogP contribution in [0.15, 0.2) is 12.1 Å². The van der Waals surface area contributed by atoms with E-state index >= 15 is 0 Å². The first kappa shape index (κ1) is 21.7. The van der Waals surface area contributed by atoms with Gasteiger partial charge in [0.05, 0.1) is 45.5 Å². The smallest absolute Gasteiger partial charge is 0.217 e. The van der Waals surface area contributed by atoms with Crippen LogP contribution in [0.3, 0.4) is 0 Å². The monoisotopic (exact) mass is 436 g/mol. The van der Waals surface area contributed by atoms with Gasteiger partial charge in [0, 0.05) is 12.0 Å². The van der Waals surface area contributed by atoms with Gasteiger partial charge in [0.1, 0.15) is 6.10 Å². The molecule has 2 aliphatic heterocycles. The van der Waals surface area contributed by atoms with Crippen molar-refractivity contribution in [2.24, 2.45) is 16.7 Å². The lowest BCUT2D eigenvalue weighted by Crippen LogP contribution is -2.59. The summed E-state index contributed by atoms with van der Waals surface area (Å²) in [6.07, 6.45) is 2.26. The normalized spacial score (nSPS) is 32.2. The molecule has 1 N–H and O–H groups in total. The Kier molecular flexibility index (Phi) is 5.15. The van der Waals surface area contributed by atoms with Crippen LogP contribution in [0.25, 0.3) is 0 Å². The van der Waals surface area contributed by atoms with Gasteiger partial charge in [-0.05, 0) is 25.0 Å². The van der Waals surface area contributed by atoms with Gasteiger partial charge < -0.3 is 23.7 Å². The van der Waals surface area contributed by atoms with E-state index in [1.807, 2.05) is 0 Å². The number of nitrogens with zero attached hydrogens (tertiary/aromatic N) is 3. The summed E-state index contributed by atoms with van der Waals surface area (Å²) in [5.41, 5.74) is -3.46. The van der Waals surface area contributed by atoms with Crippen LogP contribution in [0, 0.1) is 56.2 Å². The van der Waals surface area contributed by atoms with Gasteiger partial charge in [0.2, 0.25) is 22.8 Å². The first-order valence-electron chi connectivity index (χ1n) is 10.4. The summed E-state index contributed by atoms with van der Waals surface area (Å²) in [6, 6.07) is 9.61. The van der Waals surface area contributed by atoms with Gasteiger partial charge >= 0.3 is 0 Å². The molecule has 0 amide bonds. The van der Waals surface area contributed by atoms with E-state index in [1.165, 1.54) is 21.3 Å². The molecule has 32 heavy (non-hydrogen) atoms. The molecule has 0 aromatic heterocycles. The molecule has 1 saturated carbocycles. The molecule has 4 rings (SSSR count). The van der Waals surface area contributed by atoms with E-state index in [4.69, 9.17) is 29.1 Å². The zero-order valence-corrected chi connectivity index (χ0v) is 18.2. The Labute approximate surface area is 186 Å². The summed E-state index contributed by atoms with van der Waals surface area (Å²) in [5.74, 6) is -1.34. The van der Waals surface area contributed by atoms with Crippen LogP contribution < -0.4 is 14.2 Å². The van der Waals surface area contributed by atoms with Crippen molar-refractivity contribution in [3.63, 3.8) is 0 Å². The number of nitrogens with one attached hydrogen (secondary N) is 1. The lowest BCUT2D eigenvalue weighted by Gasteiger charge is -2.49. The topological polar surface area (TPSA) is 141 Å². The number of rotatable bonds is 4. The predicted molar refractivity (Wildman–Crippen MR) is 110 cm³/mol. The standard InChI is InChI=1S/C23H24N4O5/c1-28-15-9-8-14(17(29-2)18(15)30-3)19-21(11-24,12-25)22(13-26)16-7-5-4-6-10-23(16,31-19)32-20(22)27/h8-9,16,19,27H,4-7,10H2,1-3H3. The molecule has 3 aliphatic rings. The minimum atomic E-state index is -2.04. The third-order valence-corrected chi connectivity index (χ3v) is 7.08. The number of hydrogen-bond acceptors (Lipinski definition) is 9. The van der Waals surface area contributed by atoms with Crippen LogP contribution in [-0.2, 0) is 9.47 Å². The second-order valence-electron chi connectivity index (χ2n) is 8.27. The van der Waals surface area contributed by atoms with Gasteiger partial charge in [-0.3, -0.25) is 5.41 Å². The van der Waals surface area contributed by atoms with E-state index in [9.17, 15) is 15.8 Å². The van der Waals surface area contributed by atoms with Crippen molar-refractivity contribution < 1.29 is 23.7 Å². The Morgan fingerprint density at radius 1 is 0.969 bits per heavy atom. The molecule has 9 heteroatoms. The van der Waals surface area contributed by atoms with Crippen LogP contribution in [0.5, 0.6) is 17.2 Å². The molecule has 4 atom stereocenters. The van der Waals surface area contributed by atoms with Crippen molar-refractivity contribution in [2.45, 2.75) is 44.0 Å². The highest BCUT2D eigenvalue weighted by Gasteiger charge is 2.80. The van der Waals surface area contributed by atoms with Crippen molar-refractivity contribution in [1.82, 2.24) is 0 Å².